The molecule has 1 unspecified atom stereocenters. The first-order valence-corrected chi connectivity index (χ1v) is 5.66. The number of nitrogens with one attached hydrogen (secondary N) is 1. The molecule has 6 nitrogen and oxygen atoms in total. The summed E-state index contributed by atoms with van der Waals surface area (Å²) in [6.07, 6.45) is 3.74. The monoisotopic (exact) mass is 268 g/mol. The van der Waals surface area contributed by atoms with Gasteiger partial charge in [-0.15, -0.1) is 6.42 Å². The highest BCUT2D eigenvalue weighted by atomic mass is 19.1. The molecule has 1 aliphatic heterocycles. The predicted molar refractivity (Wildman–Crippen MR) is 64.3 cm³/mol. The Morgan fingerprint density at radius 3 is 2.95 bits per heavy atom. The van der Waals surface area contributed by atoms with Crippen LogP contribution in [0, 0.1) is 19.3 Å². The number of hydrogen-bond donors (Lipinski definition) is 2. The Kier molecular flexibility index (Phi) is 3.30. The van der Waals surface area contributed by atoms with E-state index in [4.69, 9.17) is 16.3 Å². The van der Waals surface area contributed by atoms with E-state index in [0.717, 1.165) is 4.57 Å². The van der Waals surface area contributed by atoms with Gasteiger partial charge in [0.1, 0.15) is 12.4 Å². The van der Waals surface area contributed by atoms with Crippen molar-refractivity contribution in [1.29, 1.82) is 0 Å². The van der Waals surface area contributed by atoms with Gasteiger partial charge in [0.2, 0.25) is 0 Å². The number of aliphatic hydroxyl groups excluding tert-OH is 1. The number of alkyl halides is 1. The largest absolute Gasteiger partial charge is 0.392 e. The Morgan fingerprint density at radius 2 is 2.42 bits per heavy atom. The number of ether oxygens (including phenoxy) is 1. The molecule has 1 aromatic rings. The van der Waals surface area contributed by atoms with Crippen molar-refractivity contribution in [3.63, 3.8) is 0 Å². The normalized spacial score (nSPS) is 30.2. The maximum atomic E-state index is 13.9. The van der Waals surface area contributed by atoms with Crippen LogP contribution in [0.3, 0.4) is 0 Å². The third kappa shape index (κ3) is 2.09. The number of halogens is 1. The summed E-state index contributed by atoms with van der Waals surface area (Å²) in [5, 5.41) is 9.17. The van der Waals surface area contributed by atoms with Gasteiger partial charge >= 0.3 is 5.69 Å². The minimum absolute atomic E-state index is 0.170. The standard InChI is InChI=1S/C12H13FN2O4/c1-3-12(6-16)8(13)4-9(19-12)15-5-7(2)10(17)14-11(15)18/h1,5,8-9,16H,4,6H2,2H3,(H,14,17,18)/t8?,9-,12-/m1/s1. The molecule has 0 aromatic carbocycles. The van der Waals surface area contributed by atoms with Gasteiger partial charge in [0.05, 0.1) is 6.61 Å². The van der Waals surface area contributed by atoms with E-state index in [1.165, 1.54) is 13.1 Å². The molecule has 2 rings (SSSR count). The summed E-state index contributed by atoms with van der Waals surface area (Å²) in [5.74, 6) is 2.09. The number of aromatic amines is 1. The zero-order valence-electron chi connectivity index (χ0n) is 10.2. The molecule has 1 saturated heterocycles. The van der Waals surface area contributed by atoms with Crippen molar-refractivity contribution in [1.82, 2.24) is 9.55 Å². The van der Waals surface area contributed by atoms with Crippen LogP contribution >= 0.6 is 0 Å². The quantitative estimate of drug-likeness (QED) is 0.706. The molecule has 3 atom stereocenters. The molecule has 2 heterocycles. The zero-order valence-corrected chi connectivity index (χ0v) is 10.2. The van der Waals surface area contributed by atoms with Crippen molar-refractivity contribution in [3.05, 3.63) is 32.6 Å². The van der Waals surface area contributed by atoms with Crippen LogP contribution in [0.5, 0.6) is 0 Å². The Balaban J connectivity index is 2.42. The molecule has 0 radical (unpaired) electrons. The zero-order chi connectivity index (χ0) is 14.2. The molecular weight excluding hydrogens is 255 g/mol. The highest BCUT2D eigenvalue weighted by Crippen LogP contribution is 2.37. The number of rotatable bonds is 2. The van der Waals surface area contributed by atoms with Gasteiger partial charge in [-0.05, 0) is 6.92 Å². The third-order valence-corrected chi connectivity index (χ3v) is 3.20. The number of nitrogens with zero attached hydrogens (tertiary/aromatic N) is 1. The molecular formula is C12H13FN2O4. The molecule has 0 aliphatic carbocycles. The van der Waals surface area contributed by atoms with Gasteiger partial charge in [-0.1, -0.05) is 5.92 Å². The Morgan fingerprint density at radius 1 is 1.74 bits per heavy atom. The predicted octanol–water partition coefficient (Wildman–Crippen LogP) is -0.534. The molecule has 2 N–H and O–H groups in total. The van der Waals surface area contributed by atoms with Gasteiger partial charge in [-0.2, -0.15) is 0 Å². The van der Waals surface area contributed by atoms with Crippen molar-refractivity contribution in [3.8, 4) is 12.3 Å². The molecule has 7 heteroatoms. The summed E-state index contributed by atoms with van der Waals surface area (Å²) in [6, 6.07) is 0. The van der Waals surface area contributed by atoms with Crippen molar-refractivity contribution < 1.29 is 14.2 Å². The summed E-state index contributed by atoms with van der Waals surface area (Å²) in [5.41, 5.74) is -2.67. The Labute approximate surface area is 107 Å². The Hall–Kier alpha value is -1.91. The minimum Gasteiger partial charge on any atom is -0.392 e. The third-order valence-electron chi connectivity index (χ3n) is 3.20. The SMILES string of the molecule is C#C[C@]1(CO)O[C@@H](n2cc(C)c(=O)[nH]c2=O)CC1F. The highest BCUT2D eigenvalue weighted by Gasteiger charge is 2.49. The lowest BCUT2D eigenvalue weighted by molar-refractivity contribution is -0.0795. The molecule has 0 spiro atoms. The Bertz CT molecular complexity index is 644. The van der Waals surface area contributed by atoms with Gasteiger partial charge in [-0.3, -0.25) is 14.3 Å². The first-order chi connectivity index (χ1) is 8.93. The van der Waals surface area contributed by atoms with Gasteiger partial charge in [0.15, 0.2) is 5.60 Å². The fourth-order valence-electron chi connectivity index (χ4n) is 2.01. The molecule has 0 saturated carbocycles. The number of aliphatic hydroxyl groups is 1. The van der Waals surface area contributed by atoms with E-state index in [9.17, 15) is 14.0 Å². The maximum absolute atomic E-state index is 13.9. The number of aryl methyl sites for hydroxylation is 1. The van der Waals surface area contributed by atoms with Crippen molar-refractivity contribution in [2.24, 2.45) is 0 Å². The summed E-state index contributed by atoms with van der Waals surface area (Å²) in [4.78, 5) is 25.0. The van der Waals surface area contributed by atoms with Crippen LogP contribution in [0.25, 0.3) is 0 Å². The van der Waals surface area contributed by atoms with Gasteiger partial charge in [0, 0.05) is 18.2 Å². The fourth-order valence-corrected chi connectivity index (χ4v) is 2.01. The summed E-state index contributed by atoms with van der Waals surface area (Å²) >= 11 is 0. The minimum atomic E-state index is -1.74. The first kappa shape index (κ1) is 13.5. The van der Waals surface area contributed by atoms with Gasteiger partial charge in [-0.25, -0.2) is 9.18 Å². The molecule has 0 bridgehead atoms. The second kappa shape index (κ2) is 4.64. The van der Waals surface area contributed by atoms with E-state index >= 15 is 0 Å². The van der Waals surface area contributed by atoms with E-state index in [1.54, 1.807) is 0 Å². The van der Waals surface area contributed by atoms with Crippen LogP contribution in [0.15, 0.2) is 15.8 Å². The van der Waals surface area contributed by atoms with Gasteiger partial charge < -0.3 is 9.84 Å². The van der Waals surface area contributed by atoms with Crippen molar-refractivity contribution >= 4 is 0 Å². The smallest absolute Gasteiger partial charge is 0.330 e. The first-order valence-electron chi connectivity index (χ1n) is 5.66. The van der Waals surface area contributed by atoms with Crippen molar-refractivity contribution in [2.45, 2.75) is 31.3 Å². The topological polar surface area (TPSA) is 84.3 Å². The summed E-state index contributed by atoms with van der Waals surface area (Å²) in [6.45, 7) is 0.829. The average molecular weight is 268 g/mol. The summed E-state index contributed by atoms with van der Waals surface area (Å²) in [7, 11) is 0. The van der Waals surface area contributed by atoms with Crippen LogP contribution in [-0.2, 0) is 4.74 Å². The highest BCUT2D eigenvalue weighted by molar-refractivity contribution is 5.16. The van der Waals surface area contributed by atoms with E-state index in [0.29, 0.717) is 5.56 Å². The van der Waals surface area contributed by atoms with Crippen LogP contribution in [0.2, 0.25) is 0 Å². The number of H-pyrrole nitrogens is 1. The lowest BCUT2D eigenvalue weighted by Gasteiger charge is -2.22. The van der Waals surface area contributed by atoms with Crippen LogP contribution in [0.4, 0.5) is 4.39 Å². The molecule has 1 fully saturated rings. The maximum Gasteiger partial charge on any atom is 0.330 e. The average Bonchev–Trinajstić information content (AvgIpc) is 2.71. The molecule has 102 valence electrons. The second-order valence-corrected chi connectivity index (χ2v) is 4.45. The van der Waals surface area contributed by atoms with E-state index in [2.05, 4.69) is 10.9 Å². The number of hydrogen-bond acceptors (Lipinski definition) is 4. The molecule has 0 amide bonds. The second-order valence-electron chi connectivity index (χ2n) is 4.45. The summed E-state index contributed by atoms with van der Waals surface area (Å²) < 4.78 is 20.2. The lowest BCUT2D eigenvalue weighted by Crippen LogP contribution is -2.40. The van der Waals surface area contributed by atoms with Crippen LogP contribution in [-0.4, -0.2) is 33.0 Å². The molecule has 19 heavy (non-hydrogen) atoms. The van der Waals surface area contributed by atoms with E-state index in [-0.39, 0.29) is 6.42 Å². The molecule has 1 aromatic heterocycles. The fraction of sp³-hybridized carbons (Fsp3) is 0.500. The van der Waals surface area contributed by atoms with E-state index in [1.807, 2.05) is 0 Å². The van der Waals surface area contributed by atoms with Gasteiger partial charge in [0.25, 0.3) is 5.56 Å². The lowest BCUT2D eigenvalue weighted by atomic mass is 10.0. The van der Waals surface area contributed by atoms with E-state index < -0.39 is 35.9 Å². The van der Waals surface area contributed by atoms with Crippen LogP contribution < -0.4 is 11.2 Å². The number of terminal acetylenes is 1. The van der Waals surface area contributed by atoms with Crippen LogP contribution in [0.1, 0.15) is 18.2 Å². The van der Waals surface area contributed by atoms with Crippen molar-refractivity contribution in [2.75, 3.05) is 6.61 Å². The number of aromatic nitrogens is 2. The molecule has 1 aliphatic rings.